The first kappa shape index (κ1) is 13.6. The van der Waals surface area contributed by atoms with E-state index in [1.165, 1.54) is 0 Å². The fourth-order valence-corrected chi connectivity index (χ4v) is 3.83. The summed E-state index contributed by atoms with van der Waals surface area (Å²) in [6.07, 6.45) is 5.79. The van der Waals surface area contributed by atoms with Gasteiger partial charge in [0.1, 0.15) is 5.54 Å². The van der Waals surface area contributed by atoms with Crippen LogP contribution in [0.25, 0.3) is 0 Å². The maximum Gasteiger partial charge on any atom is 0.241 e. The molecule has 0 bridgehead atoms. The first-order valence-corrected chi connectivity index (χ1v) is 7.28. The summed E-state index contributed by atoms with van der Waals surface area (Å²) in [7, 11) is 0. The van der Waals surface area contributed by atoms with E-state index in [0.29, 0.717) is 6.54 Å². The van der Waals surface area contributed by atoms with Crippen molar-refractivity contribution >= 4 is 5.91 Å². The molecule has 3 unspecified atom stereocenters. The summed E-state index contributed by atoms with van der Waals surface area (Å²) in [6.45, 7) is 5.37. The maximum absolute atomic E-state index is 12.6. The van der Waals surface area contributed by atoms with Gasteiger partial charge in [-0.15, -0.1) is 0 Å². The molecule has 1 saturated heterocycles. The summed E-state index contributed by atoms with van der Waals surface area (Å²) >= 11 is 0. The third-order valence-corrected chi connectivity index (χ3v) is 5.18. The van der Waals surface area contributed by atoms with Crippen LogP contribution in [-0.2, 0) is 16.1 Å². The van der Waals surface area contributed by atoms with E-state index in [1.807, 2.05) is 32.3 Å². The second kappa shape index (κ2) is 4.60. The summed E-state index contributed by atoms with van der Waals surface area (Å²) in [5.74, 6) is 0.0768. The van der Waals surface area contributed by atoms with Crippen molar-refractivity contribution in [1.29, 1.82) is 0 Å². The number of hydrogen-bond donors (Lipinski definition) is 3. The van der Waals surface area contributed by atoms with Crippen LogP contribution in [0, 0.1) is 11.3 Å². The number of aromatic amines is 1. The van der Waals surface area contributed by atoms with Crippen molar-refractivity contribution in [2.24, 2.45) is 17.1 Å². The number of nitrogens with one attached hydrogen (secondary N) is 2. The highest BCUT2D eigenvalue weighted by atomic mass is 16.5. The van der Waals surface area contributed by atoms with Crippen LogP contribution in [0.1, 0.15) is 32.3 Å². The topological polar surface area (TPSA) is 80.1 Å². The molecule has 0 aromatic carbocycles. The number of hydrogen-bond acceptors (Lipinski definition) is 3. The van der Waals surface area contributed by atoms with Gasteiger partial charge in [0.15, 0.2) is 0 Å². The van der Waals surface area contributed by atoms with Gasteiger partial charge in [0.25, 0.3) is 0 Å². The van der Waals surface area contributed by atoms with E-state index in [-0.39, 0.29) is 23.3 Å². The smallest absolute Gasteiger partial charge is 0.241 e. The Kier molecular flexibility index (Phi) is 3.14. The van der Waals surface area contributed by atoms with Gasteiger partial charge in [-0.2, -0.15) is 0 Å². The van der Waals surface area contributed by atoms with E-state index in [1.54, 1.807) is 0 Å². The lowest BCUT2D eigenvalue weighted by molar-refractivity contribution is -0.225. The number of carbonyl (C=O) groups is 1. The van der Waals surface area contributed by atoms with Crippen LogP contribution < -0.4 is 11.1 Å². The average molecular weight is 277 g/mol. The number of rotatable bonds is 3. The Morgan fingerprint density at radius 3 is 3.10 bits per heavy atom. The highest BCUT2D eigenvalue weighted by molar-refractivity contribution is 5.89. The molecule has 1 aromatic heterocycles. The highest BCUT2D eigenvalue weighted by Crippen LogP contribution is 2.57. The number of carbonyl (C=O) groups excluding carboxylic acids is 1. The predicted octanol–water partition coefficient (Wildman–Crippen LogP) is 1.16. The molecule has 5 nitrogen and oxygen atoms in total. The molecule has 3 rings (SSSR count). The zero-order valence-corrected chi connectivity index (χ0v) is 12.1. The molecule has 1 aliphatic heterocycles. The highest BCUT2D eigenvalue weighted by Gasteiger charge is 2.70. The van der Waals surface area contributed by atoms with Gasteiger partial charge in [0.2, 0.25) is 5.91 Å². The van der Waals surface area contributed by atoms with E-state index in [9.17, 15) is 4.79 Å². The Labute approximate surface area is 119 Å². The fourth-order valence-electron chi connectivity index (χ4n) is 3.83. The van der Waals surface area contributed by atoms with E-state index in [4.69, 9.17) is 10.5 Å². The van der Waals surface area contributed by atoms with Crippen molar-refractivity contribution in [2.45, 2.75) is 44.9 Å². The number of H-pyrrole nitrogens is 1. The van der Waals surface area contributed by atoms with E-state index >= 15 is 0 Å². The van der Waals surface area contributed by atoms with Gasteiger partial charge in [-0.1, -0.05) is 13.8 Å². The van der Waals surface area contributed by atoms with Gasteiger partial charge < -0.3 is 20.8 Å². The summed E-state index contributed by atoms with van der Waals surface area (Å²) in [5.41, 5.74) is 6.43. The quantitative estimate of drug-likeness (QED) is 0.775. The maximum atomic E-state index is 12.6. The van der Waals surface area contributed by atoms with E-state index in [0.717, 1.165) is 25.0 Å². The molecule has 1 aliphatic carbocycles. The van der Waals surface area contributed by atoms with Gasteiger partial charge in [-0.05, 0) is 24.5 Å². The first-order valence-electron chi connectivity index (χ1n) is 7.28. The average Bonchev–Trinajstić information content (AvgIpc) is 2.97. The second-order valence-corrected chi connectivity index (χ2v) is 6.53. The number of aromatic nitrogens is 1. The van der Waals surface area contributed by atoms with Crippen molar-refractivity contribution in [2.75, 3.05) is 6.61 Å². The molecule has 3 atom stereocenters. The Hall–Kier alpha value is -1.33. The Morgan fingerprint density at radius 2 is 2.40 bits per heavy atom. The zero-order valence-electron chi connectivity index (χ0n) is 12.1. The summed E-state index contributed by atoms with van der Waals surface area (Å²) in [6, 6.07) is 1.95. The van der Waals surface area contributed by atoms with Crippen molar-refractivity contribution in [3.8, 4) is 0 Å². The lowest BCUT2D eigenvalue weighted by atomic mass is 9.46. The van der Waals surface area contributed by atoms with Crippen molar-refractivity contribution in [3.63, 3.8) is 0 Å². The molecule has 110 valence electrons. The molecule has 2 fully saturated rings. The minimum Gasteiger partial charge on any atom is -0.377 e. The lowest BCUT2D eigenvalue weighted by Gasteiger charge is -2.65. The monoisotopic (exact) mass is 277 g/mol. The lowest BCUT2D eigenvalue weighted by Crippen LogP contribution is -2.82. The Bertz CT molecular complexity index is 497. The molecule has 5 heteroatoms. The minimum absolute atomic E-state index is 0.0598. The summed E-state index contributed by atoms with van der Waals surface area (Å²) in [4.78, 5) is 15.6. The predicted molar refractivity (Wildman–Crippen MR) is 75.8 cm³/mol. The molecule has 1 aromatic rings. The standard InChI is InChI=1S/C15H23N3O2/c1-14(2)12-11(4-3-7-20-12)15(14,16)13(19)18-9-10-5-6-17-8-10/h5-6,8,11-12,17H,3-4,7,9,16H2,1-2H3,(H,18,19). The molecule has 2 aliphatic rings. The van der Waals surface area contributed by atoms with Gasteiger partial charge in [-0.3, -0.25) is 4.79 Å². The van der Waals surface area contributed by atoms with Crippen LogP contribution >= 0.6 is 0 Å². The van der Waals surface area contributed by atoms with Gasteiger partial charge in [0, 0.05) is 36.9 Å². The third-order valence-electron chi connectivity index (χ3n) is 5.18. The van der Waals surface area contributed by atoms with Crippen LogP contribution in [0.3, 0.4) is 0 Å². The van der Waals surface area contributed by atoms with Gasteiger partial charge in [0.05, 0.1) is 6.10 Å². The molecule has 20 heavy (non-hydrogen) atoms. The summed E-state index contributed by atoms with van der Waals surface area (Å²) in [5, 5.41) is 2.98. The molecule has 2 heterocycles. The largest absolute Gasteiger partial charge is 0.377 e. The van der Waals surface area contributed by atoms with Crippen molar-refractivity contribution in [3.05, 3.63) is 24.0 Å². The Balaban J connectivity index is 1.72. The molecule has 1 amide bonds. The normalized spacial score (nSPS) is 35.0. The molecular formula is C15H23N3O2. The number of nitrogens with two attached hydrogens (primary N) is 1. The zero-order chi connectivity index (χ0) is 14.4. The molecule has 0 radical (unpaired) electrons. The van der Waals surface area contributed by atoms with E-state index < -0.39 is 5.54 Å². The molecule has 1 saturated carbocycles. The molecule has 0 spiro atoms. The van der Waals surface area contributed by atoms with Crippen LogP contribution in [0.15, 0.2) is 18.5 Å². The van der Waals surface area contributed by atoms with Crippen LogP contribution in [0.4, 0.5) is 0 Å². The van der Waals surface area contributed by atoms with Crippen LogP contribution in [-0.4, -0.2) is 29.1 Å². The van der Waals surface area contributed by atoms with Gasteiger partial charge in [-0.25, -0.2) is 0 Å². The number of amides is 1. The number of fused-ring (bicyclic) bond motifs is 1. The SMILES string of the molecule is CC1(C)C2OCCCC2C1(N)C(=O)NCc1cc[nH]c1. The number of ether oxygens (including phenoxy) is 1. The minimum atomic E-state index is -0.825. The van der Waals surface area contributed by atoms with Crippen molar-refractivity contribution in [1.82, 2.24) is 10.3 Å². The van der Waals surface area contributed by atoms with Crippen LogP contribution in [0.2, 0.25) is 0 Å². The molecule has 4 N–H and O–H groups in total. The third kappa shape index (κ3) is 1.73. The second-order valence-electron chi connectivity index (χ2n) is 6.53. The molecular weight excluding hydrogens is 254 g/mol. The van der Waals surface area contributed by atoms with E-state index in [2.05, 4.69) is 10.3 Å². The van der Waals surface area contributed by atoms with Gasteiger partial charge >= 0.3 is 0 Å². The van der Waals surface area contributed by atoms with Crippen LogP contribution in [0.5, 0.6) is 0 Å². The summed E-state index contributed by atoms with van der Waals surface area (Å²) < 4.78 is 5.82. The van der Waals surface area contributed by atoms with Crippen molar-refractivity contribution < 1.29 is 9.53 Å². The fraction of sp³-hybridized carbons (Fsp3) is 0.667. The first-order chi connectivity index (χ1) is 9.48. The Morgan fingerprint density at radius 1 is 1.60 bits per heavy atom.